The number of rotatable bonds is 2. The van der Waals surface area contributed by atoms with E-state index in [1.165, 1.54) is 12.5 Å². The van der Waals surface area contributed by atoms with Crippen molar-refractivity contribution in [2.45, 2.75) is 0 Å². The largest absolute Gasteiger partial charge is 0.486 e. The zero-order chi connectivity index (χ0) is 12.4. The van der Waals surface area contributed by atoms with Gasteiger partial charge in [-0.3, -0.25) is 4.79 Å². The zero-order valence-electron chi connectivity index (χ0n) is 9.50. The molecule has 2 heterocycles. The Bertz CT molecular complexity index is 584. The number of ketones is 1. The Hall–Kier alpha value is -2.43. The Morgan fingerprint density at radius 1 is 1.11 bits per heavy atom. The van der Waals surface area contributed by atoms with Gasteiger partial charge in [0, 0.05) is 11.8 Å². The van der Waals surface area contributed by atoms with Crippen LogP contribution in [0.5, 0.6) is 11.5 Å². The summed E-state index contributed by atoms with van der Waals surface area (Å²) in [7, 11) is 0. The molecule has 0 fully saturated rings. The number of hydrogen-bond donors (Lipinski definition) is 0. The van der Waals surface area contributed by atoms with Gasteiger partial charge in [0.1, 0.15) is 25.2 Å². The number of hydrogen-bond acceptors (Lipinski definition) is 5. The fourth-order valence-corrected chi connectivity index (χ4v) is 1.76. The van der Waals surface area contributed by atoms with Gasteiger partial charge in [0.05, 0.1) is 0 Å². The predicted molar refractivity (Wildman–Crippen MR) is 62.9 cm³/mol. The van der Waals surface area contributed by atoms with Crippen molar-refractivity contribution in [2.75, 3.05) is 13.2 Å². The summed E-state index contributed by atoms with van der Waals surface area (Å²) < 4.78 is 10.8. The first-order chi connectivity index (χ1) is 8.84. The first-order valence-corrected chi connectivity index (χ1v) is 5.55. The zero-order valence-corrected chi connectivity index (χ0v) is 9.50. The van der Waals surface area contributed by atoms with Crippen LogP contribution >= 0.6 is 0 Å². The minimum Gasteiger partial charge on any atom is -0.486 e. The van der Waals surface area contributed by atoms with Crippen molar-refractivity contribution in [2.24, 2.45) is 0 Å². The molecule has 0 bridgehead atoms. The maximum atomic E-state index is 12.1. The average Bonchev–Trinajstić information content (AvgIpc) is 2.47. The molecule has 90 valence electrons. The van der Waals surface area contributed by atoms with Crippen LogP contribution in [0.25, 0.3) is 0 Å². The van der Waals surface area contributed by atoms with Gasteiger partial charge in [0.2, 0.25) is 5.78 Å². The van der Waals surface area contributed by atoms with E-state index in [-0.39, 0.29) is 5.78 Å². The molecular formula is C13H10N2O3. The van der Waals surface area contributed by atoms with Gasteiger partial charge in [0.15, 0.2) is 11.5 Å². The fraction of sp³-hybridized carbons (Fsp3) is 0.154. The number of nitrogens with zero attached hydrogens (tertiary/aromatic N) is 2. The van der Waals surface area contributed by atoms with E-state index in [9.17, 15) is 4.79 Å². The standard InChI is InChI=1S/C13H10N2O3/c16-13(10-3-4-14-8-15-10)9-1-2-11-12(7-9)18-6-5-17-11/h1-4,7-8H,5-6H2. The van der Waals surface area contributed by atoms with E-state index >= 15 is 0 Å². The molecule has 0 saturated carbocycles. The number of aromatic nitrogens is 2. The molecule has 0 atom stereocenters. The molecule has 3 rings (SSSR count). The van der Waals surface area contributed by atoms with Crippen molar-refractivity contribution in [3.63, 3.8) is 0 Å². The molecule has 0 spiro atoms. The third-order valence-electron chi connectivity index (χ3n) is 2.62. The highest BCUT2D eigenvalue weighted by molar-refractivity contribution is 6.07. The SMILES string of the molecule is O=C(c1ccc2c(c1)OCCO2)c1ccncn1. The van der Waals surface area contributed by atoms with E-state index in [4.69, 9.17) is 9.47 Å². The van der Waals surface area contributed by atoms with E-state index in [1.54, 1.807) is 24.3 Å². The second-order valence-corrected chi connectivity index (χ2v) is 3.78. The summed E-state index contributed by atoms with van der Waals surface area (Å²) in [4.78, 5) is 19.9. The van der Waals surface area contributed by atoms with Gasteiger partial charge in [-0.1, -0.05) is 0 Å². The quantitative estimate of drug-likeness (QED) is 0.746. The van der Waals surface area contributed by atoms with Crippen molar-refractivity contribution in [3.8, 4) is 11.5 Å². The minimum atomic E-state index is -0.158. The molecule has 1 aromatic carbocycles. The molecule has 5 heteroatoms. The van der Waals surface area contributed by atoms with Gasteiger partial charge < -0.3 is 9.47 Å². The van der Waals surface area contributed by atoms with Crippen LogP contribution in [-0.2, 0) is 0 Å². The molecule has 5 nitrogen and oxygen atoms in total. The van der Waals surface area contributed by atoms with Crippen molar-refractivity contribution in [3.05, 3.63) is 48.0 Å². The predicted octanol–water partition coefficient (Wildman–Crippen LogP) is 1.48. The van der Waals surface area contributed by atoms with E-state index in [2.05, 4.69) is 9.97 Å². The molecule has 0 aliphatic carbocycles. The summed E-state index contributed by atoms with van der Waals surface area (Å²) in [5.74, 6) is 1.11. The number of carbonyl (C=O) groups excluding carboxylic acids is 1. The molecule has 1 aliphatic rings. The smallest absolute Gasteiger partial charge is 0.211 e. The summed E-state index contributed by atoms with van der Waals surface area (Å²) >= 11 is 0. The first-order valence-electron chi connectivity index (χ1n) is 5.55. The highest BCUT2D eigenvalue weighted by Crippen LogP contribution is 2.31. The monoisotopic (exact) mass is 242 g/mol. The Morgan fingerprint density at radius 2 is 1.94 bits per heavy atom. The number of carbonyl (C=O) groups is 1. The lowest BCUT2D eigenvalue weighted by Crippen LogP contribution is -2.16. The van der Waals surface area contributed by atoms with Gasteiger partial charge in [0.25, 0.3) is 0 Å². The topological polar surface area (TPSA) is 61.3 Å². The summed E-state index contributed by atoms with van der Waals surface area (Å²) in [6, 6.07) is 6.71. The van der Waals surface area contributed by atoms with Crippen LogP contribution in [0.15, 0.2) is 36.8 Å². The molecule has 2 aromatic rings. The lowest BCUT2D eigenvalue weighted by Gasteiger charge is -2.18. The number of fused-ring (bicyclic) bond motifs is 1. The third kappa shape index (κ3) is 1.90. The maximum absolute atomic E-state index is 12.1. The first kappa shape index (κ1) is 10.7. The minimum absolute atomic E-state index is 0.158. The van der Waals surface area contributed by atoms with Crippen molar-refractivity contribution >= 4 is 5.78 Å². The van der Waals surface area contributed by atoms with Crippen molar-refractivity contribution < 1.29 is 14.3 Å². The Balaban J connectivity index is 1.95. The third-order valence-corrected chi connectivity index (χ3v) is 2.62. The molecule has 1 aromatic heterocycles. The second-order valence-electron chi connectivity index (χ2n) is 3.78. The van der Waals surface area contributed by atoms with Crippen LogP contribution in [0.4, 0.5) is 0 Å². The van der Waals surface area contributed by atoms with Gasteiger partial charge in [-0.05, 0) is 24.3 Å². The molecule has 0 N–H and O–H groups in total. The van der Waals surface area contributed by atoms with Gasteiger partial charge in [-0.2, -0.15) is 0 Å². The van der Waals surface area contributed by atoms with Crippen LogP contribution < -0.4 is 9.47 Å². The van der Waals surface area contributed by atoms with Crippen LogP contribution in [0.1, 0.15) is 16.1 Å². The van der Waals surface area contributed by atoms with E-state index in [1.807, 2.05) is 0 Å². The second kappa shape index (κ2) is 4.44. The highest BCUT2D eigenvalue weighted by atomic mass is 16.6. The summed E-state index contributed by atoms with van der Waals surface area (Å²) in [5, 5.41) is 0. The molecule has 0 radical (unpaired) electrons. The van der Waals surface area contributed by atoms with Gasteiger partial charge >= 0.3 is 0 Å². The molecular weight excluding hydrogens is 232 g/mol. The fourth-order valence-electron chi connectivity index (χ4n) is 1.76. The molecule has 0 unspecified atom stereocenters. The van der Waals surface area contributed by atoms with Crippen molar-refractivity contribution in [1.29, 1.82) is 0 Å². The van der Waals surface area contributed by atoms with E-state index in [0.717, 1.165) is 0 Å². The van der Waals surface area contributed by atoms with Gasteiger partial charge in [-0.15, -0.1) is 0 Å². The van der Waals surface area contributed by atoms with Crippen LogP contribution in [0, 0.1) is 0 Å². The molecule has 0 saturated heterocycles. The lowest BCUT2D eigenvalue weighted by atomic mass is 10.1. The Kier molecular flexibility index (Phi) is 2.64. The summed E-state index contributed by atoms with van der Waals surface area (Å²) in [6.45, 7) is 1.03. The lowest BCUT2D eigenvalue weighted by molar-refractivity contribution is 0.103. The molecule has 0 amide bonds. The van der Waals surface area contributed by atoms with Crippen LogP contribution in [0.2, 0.25) is 0 Å². The number of ether oxygens (including phenoxy) is 2. The number of benzene rings is 1. The van der Waals surface area contributed by atoms with Crippen LogP contribution in [0.3, 0.4) is 0 Å². The van der Waals surface area contributed by atoms with E-state index in [0.29, 0.717) is 36.0 Å². The summed E-state index contributed by atoms with van der Waals surface area (Å²) in [5.41, 5.74) is 0.889. The van der Waals surface area contributed by atoms with Crippen molar-refractivity contribution in [1.82, 2.24) is 9.97 Å². The maximum Gasteiger partial charge on any atom is 0.211 e. The Labute approximate surface area is 103 Å². The molecule has 18 heavy (non-hydrogen) atoms. The molecule has 1 aliphatic heterocycles. The average molecular weight is 242 g/mol. The summed E-state index contributed by atoms with van der Waals surface area (Å²) in [6.07, 6.45) is 2.89. The van der Waals surface area contributed by atoms with Crippen LogP contribution in [-0.4, -0.2) is 29.0 Å². The highest BCUT2D eigenvalue weighted by Gasteiger charge is 2.16. The van der Waals surface area contributed by atoms with Gasteiger partial charge in [-0.25, -0.2) is 9.97 Å². The normalized spacial score (nSPS) is 13.1. The van der Waals surface area contributed by atoms with E-state index < -0.39 is 0 Å². The Morgan fingerprint density at radius 3 is 2.72 bits per heavy atom.